The van der Waals surface area contributed by atoms with Gasteiger partial charge < -0.3 is 0 Å². The number of nitrogens with one attached hydrogen (secondary N) is 1. The number of benzene rings is 1. The summed E-state index contributed by atoms with van der Waals surface area (Å²) in [5.41, 5.74) is 0.0780. The number of hydrogen-bond acceptors (Lipinski definition) is 3. The summed E-state index contributed by atoms with van der Waals surface area (Å²) < 4.78 is 54.5. The molecule has 0 saturated heterocycles. The highest BCUT2D eigenvalue weighted by Gasteiger charge is 2.25. The fraction of sp³-hybridized carbons (Fsp3) is 0.500. The monoisotopic (exact) mass is 331 g/mol. The van der Waals surface area contributed by atoms with Gasteiger partial charge in [-0.3, -0.25) is 0 Å². The van der Waals surface area contributed by atoms with Gasteiger partial charge in [0, 0.05) is 25.2 Å². The summed E-state index contributed by atoms with van der Waals surface area (Å²) in [6.07, 6.45) is 0.295. The first-order valence-electron chi connectivity index (χ1n) is 6.79. The summed E-state index contributed by atoms with van der Waals surface area (Å²) in [4.78, 5) is 0. The zero-order valence-corrected chi connectivity index (χ0v) is 13.5. The van der Waals surface area contributed by atoms with Crippen LogP contribution < -0.4 is 4.72 Å². The SMILES string of the molecule is CC[C@H](NS(=O)(=O)N(C)C[C@@H](C)C#N)c1ccc(F)cc1F. The first-order chi connectivity index (χ1) is 10.2. The highest BCUT2D eigenvalue weighted by Crippen LogP contribution is 2.22. The molecule has 122 valence electrons. The van der Waals surface area contributed by atoms with Gasteiger partial charge in [0.05, 0.1) is 18.0 Å². The molecule has 1 N–H and O–H groups in total. The van der Waals surface area contributed by atoms with E-state index in [1.807, 2.05) is 6.07 Å². The van der Waals surface area contributed by atoms with Crippen molar-refractivity contribution in [2.45, 2.75) is 26.3 Å². The summed E-state index contributed by atoms with van der Waals surface area (Å²) in [5, 5.41) is 8.74. The number of halogens is 2. The van der Waals surface area contributed by atoms with Gasteiger partial charge in [-0.1, -0.05) is 13.0 Å². The lowest BCUT2D eigenvalue weighted by atomic mass is 10.1. The molecule has 0 radical (unpaired) electrons. The first-order valence-corrected chi connectivity index (χ1v) is 8.23. The van der Waals surface area contributed by atoms with Crippen LogP contribution >= 0.6 is 0 Å². The Morgan fingerprint density at radius 1 is 1.41 bits per heavy atom. The average molecular weight is 331 g/mol. The molecule has 22 heavy (non-hydrogen) atoms. The second-order valence-corrected chi connectivity index (χ2v) is 6.87. The van der Waals surface area contributed by atoms with Crippen molar-refractivity contribution in [2.75, 3.05) is 13.6 Å². The molecule has 5 nitrogen and oxygen atoms in total. The minimum Gasteiger partial charge on any atom is -0.207 e. The van der Waals surface area contributed by atoms with Gasteiger partial charge in [-0.2, -0.15) is 22.7 Å². The number of nitrogens with zero attached hydrogens (tertiary/aromatic N) is 2. The lowest BCUT2D eigenvalue weighted by Gasteiger charge is -2.23. The molecular weight excluding hydrogens is 312 g/mol. The van der Waals surface area contributed by atoms with E-state index in [2.05, 4.69) is 4.72 Å². The molecular formula is C14H19F2N3O2S. The molecule has 1 aromatic rings. The Morgan fingerprint density at radius 2 is 2.05 bits per heavy atom. The van der Waals surface area contributed by atoms with Gasteiger partial charge in [0.15, 0.2) is 0 Å². The Balaban J connectivity index is 2.96. The van der Waals surface area contributed by atoms with Gasteiger partial charge in [-0.15, -0.1) is 0 Å². The van der Waals surface area contributed by atoms with Crippen LogP contribution in [0.25, 0.3) is 0 Å². The van der Waals surface area contributed by atoms with E-state index in [0.717, 1.165) is 10.4 Å². The van der Waals surface area contributed by atoms with Crippen molar-refractivity contribution >= 4 is 10.2 Å². The normalized spacial score (nSPS) is 14.6. The van der Waals surface area contributed by atoms with Crippen LogP contribution in [-0.2, 0) is 10.2 Å². The zero-order chi connectivity index (χ0) is 16.9. The zero-order valence-electron chi connectivity index (χ0n) is 12.7. The van der Waals surface area contributed by atoms with Crippen LogP contribution in [0, 0.1) is 28.9 Å². The molecule has 1 aromatic carbocycles. The largest absolute Gasteiger partial charge is 0.279 e. The second kappa shape index (κ2) is 7.63. The summed E-state index contributed by atoms with van der Waals surface area (Å²) in [5.74, 6) is -1.99. The van der Waals surface area contributed by atoms with E-state index in [0.29, 0.717) is 12.5 Å². The molecule has 8 heteroatoms. The van der Waals surface area contributed by atoms with Crippen molar-refractivity contribution in [1.82, 2.24) is 9.03 Å². The molecule has 1 rings (SSSR count). The van der Waals surface area contributed by atoms with Gasteiger partial charge in [-0.05, 0) is 19.4 Å². The Labute approximate surface area is 129 Å². The fourth-order valence-electron chi connectivity index (χ4n) is 1.95. The maximum absolute atomic E-state index is 13.8. The van der Waals surface area contributed by atoms with Crippen molar-refractivity contribution in [2.24, 2.45) is 5.92 Å². The summed E-state index contributed by atoms with van der Waals surface area (Å²) in [7, 11) is -2.54. The van der Waals surface area contributed by atoms with Crippen LogP contribution in [0.15, 0.2) is 18.2 Å². The Morgan fingerprint density at radius 3 is 2.55 bits per heavy atom. The number of rotatable bonds is 7. The van der Waals surface area contributed by atoms with Crippen molar-refractivity contribution < 1.29 is 17.2 Å². The van der Waals surface area contributed by atoms with E-state index in [4.69, 9.17) is 5.26 Å². The maximum atomic E-state index is 13.8. The molecule has 0 saturated carbocycles. The van der Waals surface area contributed by atoms with Gasteiger partial charge in [0.1, 0.15) is 11.6 Å². The Bertz CT molecular complexity index is 659. The van der Waals surface area contributed by atoms with E-state index in [9.17, 15) is 17.2 Å². The first kappa shape index (κ1) is 18.5. The standard InChI is InChI=1S/C14H19F2N3O2S/c1-4-14(12-6-5-11(15)7-13(12)16)18-22(20,21)19(3)9-10(2)8-17/h5-7,10,14,18H,4,9H2,1-3H3/t10-,14-/m0/s1. The van der Waals surface area contributed by atoms with E-state index >= 15 is 0 Å². The summed E-state index contributed by atoms with van der Waals surface area (Å²) in [6.45, 7) is 3.31. The third kappa shape index (κ3) is 4.73. The van der Waals surface area contributed by atoms with Crippen LogP contribution in [0.4, 0.5) is 8.78 Å². The molecule has 0 unspecified atom stereocenters. The second-order valence-electron chi connectivity index (χ2n) is 5.06. The molecule has 0 fully saturated rings. The Kier molecular flexibility index (Phi) is 6.41. The van der Waals surface area contributed by atoms with Crippen LogP contribution in [0.1, 0.15) is 31.9 Å². The van der Waals surface area contributed by atoms with Crippen LogP contribution in [-0.4, -0.2) is 26.3 Å². The molecule has 0 spiro atoms. The smallest absolute Gasteiger partial charge is 0.207 e. The minimum atomic E-state index is -3.88. The molecule has 0 amide bonds. The maximum Gasteiger partial charge on any atom is 0.279 e. The average Bonchev–Trinajstić information content (AvgIpc) is 2.45. The van der Waals surface area contributed by atoms with Gasteiger partial charge in [-0.25, -0.2) is 8.78 Å². The summed E-state index contributed by atoms with van der Waals surface area (Å²) >= 11 is 0. The van der Waals surface area contributed by atoms with E-state index in [1.54, 1.807) is 13.8 Å². The Hall–Kier alpha value is -1.56. The number of nitriles is 1. The van der Waals surface area contributed by atoms with Crippen molar-refractivity contribution in [1.29, 1.82) is 5.26 Å². The van der Waals surface area contributed by atoms with E-state index < -0.39 is 33.8 Å². The van der Waals surface area contributed by atoms with E-state index in [-0.39, 0.29) is 12.1 Å². The van der Waals surface area contributed by atoms with Crippen molar-refractivity contribution in [3.63, 3.8) is 0 Å². The van der Waals surface area contributed by atoms with Crippen molar-refractivity contribution in [3.05, 3.63) is 35.4 Å². The molecule has 0 bridgehead atoms. The quantitative estimate of drug-likeness (QED) is 0.833. The lowest BCUT2D eigenvalue weighted by Crippen LogP contribution is -2.41. The predicted molar refractivity (Wildman–Crippen MR) is 78.9 cm³/mol. The van der Waals surface area contributed by atoms with Crippen LogP contribution in [0.5, 0.6) is 0 Å². The van der Waals surface area contributed by atoms with Crippen LogP contribution in [0.3, 0.4) is 0 Å². The molecule has 2 atom stereocenters. The highest BCUT2D eigenvalue weighted by molar-refractivity contribution is 7.87. The van der Waals surface area contributed by atoms with Crippen LogP contribution in [0.2, 0.25) is 0 Å². The van der Waals surface area contributed by atoms with E-state index in [1.165, 1.54) is 13.1 Å². The molecule has 0 aromatic heterocycles. The van der Waals surface area contributed by atoms with Gasteiger partial charge in [0.2, 0.25) is 0 Å². The third-order valence-corrected chi connectivity index (χ3v) is 4.75. The third-order valence-electron chi connectivity index (χ3n) is 3.20. The highest BCUT2D eigenvalue weighted by atomic mass is 32.2. The predicted octanol–water partition coefficient (Wildman–Crippen LogP) is 2.34. The van der Waals surface area contributed by atoms with Gasteiger partial charge >= 0.3 is 0 Å². The topological polar surface area (TPSA) is 73.2 Å². The summed E-state index contributed by atoms with van der Waals surface area (Å²) in [6, 6.07) is 4.15. The molecule has 0 aliphatic rings. The fourth-order valence-corrected chi connectivity index (χ4v) is 3.20. The lowest BCUT2D eigenvalue weighted by molar-refractivity contribution is 0.419. The molecule has 0 aliphatic heterocycles. The minimum absolute atomic E-state index is 0.0220. The molecule has 0 heterocycles. The molecule has 0 aliphatic carbocycles. The van der Waals surface area contributed by atoms with Gasteiger partial charge in [0.25, 0.3) is 10.2 Å². The number of hydrogen-bond donors (Lipinski definition) is 1. The van der Waals surface area contributed by atoms with Crippen molar-refractivity contribution in [3.8, 4) is 6.07 Å².